The van der Waals surface area contributed by atoms with Crippen LogP contribution in [0, 0.1) is 6.92 Å². The van der Waals surface area contributed by atoms with Gasteiger partial charge >= 0.3 is 0 Å². The molecule has 0 saturated heterocycles. The van der Waals surface area contributed by atoms with E-state index in [1.54, 1.807) is 13.0 Å². The van der Waals surface area contributed by atoms with Crippen molar-refractivity contribution in [3.63, 3.8) is 0 Å². The fourth-order valence-corrected chi connectivity index (χ4v) is 2.75. The molecule has 0 radical (unpaired) electrons. The van der Waals surface area contributed by atoms with Crippen LogP contribution in [0.4, 0.5) is 5.95 Å². The zero-order chi connectivity index (χ0) is 14.8. The SMILES string of the molecule is Cc1cc(Cl)nc(NC(=O)C2CNCc3ccccc32)n1. The Hall–Kier alpha value is -1.98. The summed E-state index contributed by atoms with van der Waals surface area (Å²) in [6.07, 6.45) is 0. The first kappa shape index (κ1) is 14.0. The zero-order valence-electron chi connectivity index (χ0n) is 11.6. The lowest BCUT2D eigenvalue weighted by Gasteiger charge is -2.25. The standard InChI is InChI=1S/C15H15ClN4O/c1-9-6-13(16)19-15(18-9)20-14(21)12-8-17-7-10-4-2-3-5-11(10)12/h2-6,12,17H,7-8H2,1H3,(H,18,19,20,21). The molecule has 5 nitrogen and oxygen atoms in total. The fourth-order valence-electron chi connectivity index (χ4n) is 2.51. The van der Waals surface area contributed by atoms with E-state index >= 15 is 0 Å². The van der Waals surface area contributed by atoms with Crippen LogP contribution in [0.3, 0.4) is 0 Å². The maximum absolute atomic E-state index is 12.5. The lowest BCUT2D eigenvalue weighted by atomic mass is 9.90. The second-order valence-corrected chi connectivity index (χ2v) is 5.41. The average Bonchev–Trinajstić information content (AvgIpc) is 2.45. The van der Waals surface area contributed by atoms with Gasteiger partial charge in [-0.05, 0) is 24.1 Å². The molecule has 21 heavy (non-hydrogen) atoms. The predicted molar refractivity (Wildman–Crippen MR) is 81.3 cm³/mol. The molecule has 6 heteroatoms. The van der Waals surface area contributed by atoms with Gasteiger partial charge in [-0.25, -0.2) is 9.97 Å². The number of fused-ring (bicyclic) bond motifs is 1. The number of hydrogen-bond donors (Lipinski definition) is 2. The van der Waals surface area contributed by atoms with Crippen molar-refractivity contribution in [2.75, 3.05) is 11.9 Å². The predicted octanol–water partition coefficient (Wildman–Crippen LogP) is 2.26. The molecule has 1 aliphatic heterocycles. The highest BCUT2D eigenvalue weighted by molar-refractivity contribution is 6.29. The van der Waals surface area contributed by atoms with E-state index in [-0.39, 0.29) is 17.8 Å². The first-order chi connectivity index (χ1) is 10.1. The van der Waals surface area contributed by atoms with Crippen LogP contribution >= 0.6 is 11.6 Å². The van der Waals surface area contributed by atoms with Gasteiger partial charge in [0.05, 0.1) is 5.92 Å². The second kappa shape index (κ2) is 5.79. The van der Waals surface area contributed by atoms with Gasteiger partial charge < -0.3 is 5.32 Å². The van der Waals surface area contributed by atoms with E-state index in [1.807, 2.05) is 24.3 Å². The molecule has 108 valence electrons. The summed E-state index contributed by atoms with van der Waals surface area (Å²) in [7, 11) is 0. The van der Waals surface area contributed by atoms with Gasteiger partial charge in [-0.1, -0.05) is 35.9 Å². The van der Waals surface area contributed by atoms with Gasteiger partial charge in [-0.3, -0.25) is 10.1 Å². The molecule has 1 atom stereocenters. The van der Waals surface area contributed by atoms with Crippen LogP contribution in [0.15, 0.2) is 30.3 Å². The molecular weight excluding hydrogens is 288 g/mol. The Morgan fingerprint density at radius 1 is 1.38 bits per heavy atom. The van der Waals surface area contributed by atoms with Gasteiger partial charge in [0.2, 0.25) is 11.9 Å². The van der Waals surface area contributed by atoms with Crippen molar-refractivity contribution >= 4 is 23.5 Å². The average molecular weight is 303 g/mol. The molecule has 0 aliphatic carbocycles. The highest BCUT2D eigenvalue weighted by Gasteiger charge is 2.26. The number of nitrogens with zero attached hydrogens (tertiary/aromatic N) is 2. The van der Waals surface area contributed by atoms with Crippen molar-refractivity contribution in [2.24, 2.45) is 0 Å². The lowest BCUT2D eigenvalue weighted by Crippen LogP contribution is -2.35. The van der Waals surface area contributed by atoms with Gasteiger partial charge in [-0.2, -0.15) is 0 Å². The van der Waals surface area contributed by atoms with Crippen LogP contribution in [0.2, 0.25) is 5.15 Å². The maximum atomic E-state index is 12.5. The summed E-state index contributed by atoms with van der Waals surface area (Å²) in [6, 6.07) is 9.59. The molecular formula is C15H15ClN4O. The molecule has 1 unspecified atom stereocenters. The monoisotopic (exact) mass is 302 g/mol. The number of nitrogens with one attached hydrogen (secondary N) is 2. The normalized spacial score (nSPS) is 17.1. The maximum Gasteiger partial charge on any atom is 0.235 e. The molecule has 2 N–H and O–H groups in total. The van der Waals surface area contributed by atoms with Crippen LogP contribution in [-0.4, -0.2) is 22.4 Å². The Morgan fingerprint density at radius 2 is 2.19 bits per heavy atom. The molecule has 1 aliphatic rings. The highest BCUT2D eigenvalue weighted by Crippen LogP contribution is 2.24. The number of carbonyl (C=O) groups is 1. The first-order valence-electron chi connectivity index (χ1n) is 6.74. The van der Waals surface area contributed by atoms with Crippen LogP contribution in [-0.2, 0) is 11.3 Å². The number of halogens is 1. The van der Waals surface area contributed by atoms with Gasteiger partial charge in [-0.15, -0.1) is 0 Å². The smallest absolute Gasteiger partial charge is 0.235 e. The van der Waals surface area contributed by atoms with Crippen molar-refractivity contribution in [1.29, 1.82) is 0 Å². The summed E-state index contributed by atoms with van der Waals surface area (Å²) in [6.45, 7) is 3.19. The number of aryl methyl sites for hydroxylation is 1. The second-order valence-electron chi connectivity index (χ2n) is 5.03. The van der Waals surface area contributed by atoms with E-state index in [0.29, 0.717) is 17.4 Å². The third-order valence-corrected chi connectivity index (χ3v) is 3.66. The van der Waals surface area contributed by atoms with Gasteiger partial charge in [0, 0.05) is 18.8 Å². The number of aromatic nitrogens is 2. The van der Waals surface area contributed by atoms with E-state index in [0.717, 1.165) is 17.7 Å². The number of carbonyl (C=O) groups excluding carboxylic acids is 1. The molecule has 0 spiro atoms. The third-order valence-electron chi connectivity index (χ3n) is 3.47. The number of hydrogen-bond acceptors (Lipinski definition) is 4. The zero-order valence-corrected chi connectivity index (χ0v) is 12.3. The van der Waals surface area contributed by atoms with Gasteiger partial charge in [0.15, 0.2) is 0 Å². The minimum absolute atomic E-state index is 0.128. The minimum atomic E-state index is -0.252. The van der Waals surface area contributed by atoms with E-state index < -0.39 is 0 Å². The first-order valence-corrected chi connectivity index (χ1v) is 7.12. The van der Waals surface area contributed by atoms with Crippen LogP contribution < -0.4 is 10.6 Å². The summed E-state index contributed by atoms with van der Waals surface area (Å²) in [5.74, 6) is -0.137. The quantitative estimate of drug-likeness (QED) is 0.835. The van der Waals surface area contributed by atoms with Crippen LogP contribution in [0.5, 0.6) is 0 Å². The fraction of sp³-hybridized carbons (Fsp3) is 0.267. The topological polar surface area (TPSA) is 66.9 Å². The van der Waals surface area contributed by atoms with Crippen LogP contribution in [0.25, 0.3) is 0 Å². The van der Waals surface area contributed by atoms with Crippen molar-refractivity contribution in [3.05, 3.63) is 52.3 Å². The van der Waals surface area contributed by atoms with E-state index in [4.69, 9.17) is 11.6 Å². The van der Waals surface area contributed by atoms with Crippen molar-refractivity contribution in [3.8, 4) is 0 Å². The van der Waals surface area contributed by atoms with Crippen molar-refractivity contribution in [1.82, 2.24) is 15.3 Å². The lowest BCUT2D eigenvalue weighted by molar-refractivity contribution is -0.117. The number of benzene rings is 1. The Kier molecular flexibility index (Phi) is 3.86. The van der Waals surface area contributed by atoms with E-state index in [1.165, 1.54) is 0 Å². The minimum Gasteiger partial charge on any atom is -0.312 e. The molecule has 1 aromatic carbocycles. The Bertz CT molecular complexity index is 669. The van der Waals surface area contributed by atoms with Gasteiger partial charge in [0.1, 0.15) is 5.15 Å². The van der Waals surface area contributed by atoms with Crippen LogP contribution in [0.1, 0.15) is 22.7 Å². The molecule has 2 aromatic rings. The number of anilines is 1. The summed E-state index contributed by atoms with van der Waals surface area (Å²) < 4.78 is 0. The molecule has 2 heterocycles. The largest absolute Gasteiger partial charge is 0.312 e. The molecule has 3 rings (SSSR count). The Balaban J connectivity index is 1.83. The number of rotatable bonds is 2. The number of amides is 1. The summed E-state index contributed by atoms with van der Waals surface area (Å²) >= 11 is 5.89. The Morgan fingerprint density at radius 3 is 3.00 bits per heavy atom. The molecule has 0 fully saturated rings. The molecule has 1 aromatic heterocycles. The van der Waals surface area contributed by atoms with Crippen molar-refractivity contribution < 1.29 is 4.79 Å². The van der Waals surface area contributed by atoms with E-state index in [2.05, 4.69) is 20.6 Å². The molecule has 0 bridgehead atoms. The Labute approximate surface area is 127 Å². The summed E-state index contributed by atoms with van der Waals surface area (Å²) in [5, 5.41) is 6.32. The van der Waals surface area contributed by atoms with Gasteiger partial charge in [0.25, 0.3) is 0 Å². The molecule has 0 saturated carbocycles. The summed E-state index contributed by atoms with van der Waals surface area (Å²) in [5.41, 5.74) is 2.91. The molecule has 1 amide bonds. The highest BCUT2D eigenvalue weighted by atomic mass is 35.5. The van der Waals surface area contributed by atoms with E-state index in [9.17, 15) is 4.79 Å². The third kappa shape index (κ3) is 3.04. The van der Waals surface area contributed by atoms with Crippen molar-refractivity contribution in [2.45, 2.75) is 19.4 Å². The summed E-state index contributed by atoms with van der Waals surface area (Å²) in [4.78, 5) is 20.7.